The summed E-state index contributed by atoms with van der Waals surface area (Å²) in [4.78, 5) is 12.4. The molecule has 0 spiro atoms. The maximum atomic E-state index is 13.3. The van der Waals surface area contributed by atoms with Gasteiger partial charge >= 0.3 is 0 Å². The van der Waals surface area contributed by atoms with E-state index in [4.69, 9.17) is 16.3 Å². The molecule has 0 unspecified atom stereocenters. The van der Waals surface area contributed by atoms with Gasteiger partial charge in [-0.2, -0.15) is 4.31 Å². The van der Waals surface area contributed by atoms with Crippen molar-refractivity contribution < 1.29 is 17.9 Å². The number of nitrogens with zero attached hydrogens (tertiary/aromatic N) is 1. The quantitative estimate of drug-likeness (QED) is 0.496. The first-order chi connectivity index (χ1) is 14.4. The molecule has 1 N–H and O–H groups in total. The van der Waals surface area contributed by atoms with E-state index >= 15 is 0 Å². The number of hydrogen-bond donors (Lipinski definition) is 1. The van der Waals surface area contributed by atoms with E-state index in [9.17, 15) is 13.2 Å². The van der Waals surface area contributed by atoms with Gasteiger partial charge in [0, 0.05) is 13.1 Å². The fourth-order valence-corrected chi connectivity index (χ4v) is 4.70. The average Bonchev–Trinajstić information content (AvgIpc) is 2.74. The molecule has 0 saturated heterocycles. The van der Waals surface area contributed by atoms with Crippen molar-refractivity contribution in [3.05, 3.63) is 59.1 Å². The number of carbonyl (C=O) groups excluding carboxylic acids is 1. The van der Waals surface area contributed by atoms with E-state index in [-0.39, 0.29) is 28.9 Å². The van der Waals surface area contributed by atoms with Gasteiger partial charge in [-0.1, -0.05) is 61.7 Å². The molecule has 0 fully saturated rings. The van der Waals surface area contributed by atoms with Gasteiger partial charge in [-0.15, -0.1) is 0 Å². The lowest BCUT2D eigenvalue weighted by Gasteiger charge is -2.22. The van der Waals surface area contributed by atoms with Crippen molar-refractivity contribution >= 4 is 27.5 Å². The van der Waals surface area contributed by atoms with Crippen LogP contribution in [0.25, 0.3) is 0 Å². The van der Waals surface area contributed by atoms with Crippen molar-refractivity contribution in [2.24, 2.45) is 0 Å². The molecule has 2 aromatic carbocycles. The van der Waals surface area contributed by atoms with Gasteiger partial charge < -0.3 is 10.1 Å². The van der Waals surface area contributed by atoms with Crippen molar-refractivity contribution in [3.63, 3.8) is 0 Å². The van der Waals surface area contributed by atoms with E-state index in [1.54, 1.807) is 0 Å². The lowest BCUT2D eigenvalue weighted by molar-refractivity contribution is -0.121. The Balaban J connectivity index is 2.19. The molecule has 164 valence electrons. The molecule has 0 bridgehead atoms. The first-order valence-electron chi connectivity index (χ1n) is 10.0. The summed E-state index contributed by atoms with van der Waals surface area (Å²) in [5.41, 5.74) is 0.994. The van der Waals surface area contributed by atoms with Crippen LogP contribution in [0.1, 0.15) is 31.7 Å². The number of sulfonamides is 1. The predicted molar refractivity (Wildman–Crippen MR) is 119 cm³/mol. The summed E-state index contributed by atoms with van der Waals surface area (Å²) in [6, 6.07) is 13.9. The minimum atomic E-state index is -3.92. The highest BCUT2D eigenvalue weighted by Crippen LogP contribution is 2.28. The lowest BCUT2D eigenvalue weighted by Crippen LogP contribution is -2.42. The van der Waals surface area contributed by atoms with Gasteiger partial charge in [-0.3, -0.25) is 4.79 Å². The summed E-state index contributed by atoms with van der Waals surface area (Å²) >= 11 is 6.13. The summed E-state index contributed by atoms with van der Waals surface area (Å²) in [6.07, 6.45) is 3.42. The number of rotatable bonds is 12. The monoisotopic (exact) mass is 452 g/mol. The third kappa shape index (κ3) is 7.00. The van der Waals surface area contributed by atoms with Gasteiger partial charge in [-0.25, -0.2) is 8.42 Å². The minimum Gasteiger partial charge on any atom is -0.495 e. The smallest absolute Gasteiger partial charge is 0.243 e. The van der Waals surface area contributed by atoms with E-state index in [1.165, 1.54) is 29.6 Å². The van der Waals surface area contributed by atoms with Crippen LogP contribution in [0.4, 0.5) is 0 Å². The van der Waals surface area contributed by atoms with Gasteiger partial charge in [0.25, 0.3) is 0 Å². The number of unbranched alkanes of at least 4 members (excludes halogenated alkanes) is 2. The Kier molecular flexibility index (Phi) is 9.62. The van der Waals surface area contributed by atoms with Crippen molar-refractivity contribution in [1.29, 1.82) is 0 Å². The Labute approximate surface area is 184 Å². The Morgan fingerprint density at radius 1 is 1.13 bits per heavy atom. The van der Waals surface area contributed by atoms with Crippen LogP contribution in [0, 0.1) is 0 Å². The Hall–Kier alpha value is -2.09. The van der Waals surface area contributed by atoms with Gasteiger partial charge in [0.05, 0.1) is 23.6 Å². The number of methoxy groups -OCH3 is 1. The van der Waals surface area contributed by atoms with E-state index in [1.807, 2.05) is 30.3 Å². The summed E-state index contributed by atoms with van der Waals surface area (Å²) in [5, 5.41) is 3.01. The van der Waals surface area contributed by atoms with E-state index in [0.29, 0.717) is 18.7 Å². The fraction of sp³-hybridized carbons (Fsp3) is 0.409. The van der Waals surface area contributed by atoms with Crippen LogP contribution in [-0.2, 0) is 21.2 Å². The second-order valence-corrected chi connectivity index (χ2v) is 9.27. The molecule has 0 aromatic heterocycles. The molecule has 0 aliphatic rings. The summed E-state index contributed by atoms with van der Waals surface area (Å²) in [5.74, 6) is 0.0717. The number of ether oxygens (including phenoxy) is 1. The molecule has 8 heteroatoms. The molecule has 0 aliphatic heterocycles. The highest BCUT2D eigenvalue weighted by molar-refractivity contribution is 7.89. The van der Waals surface area contributed by atoms with Crippen molar-refractivity contribution in [3.8, 4) is 5.75 Å². The normalized spacial score (nSPS) is 11.5. The molecular weight excluding hydrogens is 424 g/mol. The Morgan fingerprint density at radius 3 is 2.50 bits per heavy atom. The van der Waals surface area contributed by atoms with Gasteiger partial charge in [0.2, 0.25) is 15.9 Å². The van der Waals surface area contributed by atoms with Crippen LogP contribution >= 0.6 is 11.6 Å². The molecule has 1 amide bonds. The van der Waals surface area contributed by atoms with Gasteiger partial charge in [0.15, 0.2) is 0 Å². The first kappa shape index (κ1) is 24.2. The molecule has 0 heterocycles. The zero-order chi connectivity index (χ0) is 22.0. The lowest BCUT2D eigenvalue weighted by atomic mass is 10.1. The number of carbonyl (C=O) groups is 1. The summed E-state index contributed by atoms with van der Waals surface area (Å²) < 4.78 is 32.8. The highest BCUT2D eigenvalue weighted by atomic mass is 35.5. The molecule has 0 saturated carbocycles. The Bertz CT molecular complexity index is 920. The van der Waals surface area contributed by atoms with E-state index in [2.05, 4.69) is 12.2 Å². The zero-order valence-electron chi connectivity index (χ0n) is 17.4. The minimum absolute atomic E-state index is 0.0279. The molecule has 0 aliphatic carbocycles. The van der Waals surface area contributed by atoms with Crippen LogP contribution in [0.15, 0.2) is 53.4 Å². The van der Waals surface area contributed by atoms with Gasteiger partial charge in [0.1, 0.15) is 5.75 Å². The maximum Gasteiger partial charge on any atom is 0.243 e. The van der Waals surface area contributed by atoms with Crippen molar-refractivity contribution in [2.45, 2.75) is 37.5 Å². The van der Waals surface area contributed by atoms with E-state index < -0.39 is 10.0 Å². The van der Waals surface area contributed by atoms with Crippen molar-refractivity contribution in [1.82, 2.24) is 9.62 Å². The van der Waals surface area contributed by atoms with Crippen LogP contribution in [0.5, 0.6) is 5.75 Å². The topological polar surface area (TPSA) is 75.7 Å². The molecule has 0 atom stereocenters. The maximum absolute atomic E-state index is 13.3. The molecule has 30 heavy (non-hydrogen) atoms. The highest BCUT2D eigenvalue weighted by Gasteiger charge is 2.27. The van der Waals surface area contributed by atoms with Crippen LogP contribution in [-0.4, -0.2) is 45.4 Å². The number of nitrogens with one attached hydrogen (secondary N) is 1. The fourth-order valence-electron chi connectivity index (χ4n) is 2.96. The number of hydrogen-bond acceptors (Lipinski definition) is 4. The second-order valence-electron chi connectivity index (χ2n) is 6.93. The standard InChI is InChI=1S/C22H29ClN2O4S/c1-3-4-8-14-24-22(26)17-25(15-13-18-9-6-5-7-10-18)30(27,28)19-11-12-21(29-2)20(23)16-19/h5-7,9-12,16H,3-4,8,13-15,17H2,1-2H3,(H,24,26). The van der Waals surface area contributed by atoms with Crippen molar-refractivity contribution in [2.75, 3.05) is 26.7 Å². The van der Waals surface area contributed by atoms with E-state index in [0.717, 1.165) is 24.8 Å². The van der Waals surface area contributed by atoms with Crippen LogP contribution < -0.4 is 10.1 Å². The number of halogens is 1. The first-order valence-corrected chi connectivity index (χ1v) is 11.8. The predicted octanol–water partition coefficient (Wildman–Crippen LogP) is 3.89. The average molecular weight is 453 g/mol. The third-order valence-electron chi connectivity index (χ3n) is 4.68. The molecule has 2 rings (SSSR count). The molecule has 6 nitrogen and oxygen atoms in total. The second kappa shape index (κ2) is 11.9. The Morgan fingerprint density at radius 2 is 1.87 bits per heavy atom. The largest absolute Gasteiger partial charge is 0.495 e. The third-order valence-corrected chi connectivity index (χ3v) is 6.81. The van der Waals surface area contributed by atoms with Gasteiger partial charge in [-0.05, 0) is 36.6 Å². The molecular formula is C22H29ClN2O4S. The molecule has 2 aromatic rings. The van der Waals surface area contributed by atoms with Crippen LogP contribution in [0.3, 0.4) is 0 Å². The SMILES string of the molecule is CCCCCNC(=O)CN(CCc1ccccc1)S(=O)(=O)c1ccc(OC)c(Cl)c1. The van der Waals surface area contributed by atoms with Crippen LogP contribution in [0.2, 0.25) is 5.02 Å². The number of amides is 1. The number of benzene rings is 2. The summed E-state index contributed by atoms with van der Waals surface area (Å²) in [7, 11) is -2.45. The molecule has 0 radical (unpaired) electrons. The summed E-state index contributed by atoms with van der Waals surface area (Å²) in [6.45, 7) is 2.55. The zero-order valence-corrected chi connectivity index (χ0v) is 19.0.